The third-order valence-corrected chi connectivity index (χ3v) is 3.67. The number of halogens is 1. The summed E-state index contributed by atoms with van der Waals surface area (Å²) < 4.78 is 13.0. The van der Waals surface area contributed by atoms with Crippen molar-refractivity contribution in [2.75, 3.05) is 12.3 Å². The molecule has 17 heavy (non-hydrogen) atoms. The van der Waals surface area contributed by atoms with Crippen molar-refractivity contribution >= 4 is 5.69 Å². The Labute approximate surface area is 103 Å². The van der Waals surface area contributed by atoms with E-state index in [1.165, 1.54) is 25.0 Å². The SMILES string of the molecule is CC(C)C1CCCN1Cc1ccc(F)cc1N. The van der Waals surface area contributed by atoms with Gasteiger partial charge in [0.1, 0.15) is 5.82 Å². The fourth-order valence-corrected chi connectivity index (χ4v) is 2.73. The van der Waals surface area contributed by atoms with E-state index < -0.39 is 0 Å². The van der Waals surface area contributed by atoms with Crippen molar-refractivity contribution in [2.24, 2.45) is 5.92 Å². The molecule has 1 aromatic carbocycles. The lowest BCUT2D eigenvalue weighted by atomic mass is 10.0. The summed E-state index contributed by atoms with van der Waals surface area (Å²) in [4.78, 5) is 2.47. The second kappa shape index (κ2) is 5.05. The molecule has 0 aliphatic carbocycles. The zero-order valence-corrected chi connectivity index (χ0v) is 10.6. The van der Waals surface area contributed by atoms with E-state index in [-0.39, 0.29) is 5.82 Å². The molecule has 1 aromatic rings. The number of benzene rings is 1. The predicted octanol–water partition coefficient (Wildman–Crippen LogP) is 3.03. The van der Waals surface area contributed by atoms with E-state index >= 15 is 0 Å². The predicted molar refractivity (Wildman–Crippen MR) is 69.1 cm³/mol. The van der Waals surface area contributed by atoms with Crippen LogP contribution in [0.1, 0.15) is 32.3 Å². The lowest BCUT2D eigenvalue weighted by Gasteiger charge is -2.28. The molecular weight excluding hydrogens is 215 g/mol. The minimum Gasteiger partial charge on any atom is -0.398 e. The number of likely N-dealkylation sites (tertiary alicyclic amines) is 1. The molecule has 0 spiro atoms. The van der Waals surface area contributed by atoms with E-state index in [0.717, 1.165) is 18.7 Å². The highest BCUT2D eigenvalue weighted by molar-refractivity contribution is 5.46. The highest BCUT2D eigenvalue weighted by atomic mass is 19.1. The van der Waals surface area contributed by atoms with Crippen molar-refractivity contribution in [2.45, 2.75) is 39.3 Å². The number of nitrogens with two attached hydrogens (primary N) is 1. The molecular formula is C14H21FN2. The molecule has 1 unspecified atom stereocenters. The van der Waals surface area contributed by atoms with Crippen LogP contribution in [0.25, 0.3) is 0 Å². The average Bonchev–Trinajstić information content (AvgIpc) is 2.70. The first kappa shape index (κ1) is 12.4. The zero-order valence-electron chi connectivity index (χ0n) is 10.6. The van der Waals surface area contributed by atoms with Crippen LogP contribution in [0.4, 0.5) is 10.1 Å². The van der Waals surface area contributed by atoms with Crippen molar-refractivity contribution < 1.29 is 4.39 Å². The molecule has 1 saturated heterocycles. The molecule has 94 valence electrons. The maximum atomic E-state index is 13.0. The van der Waals surface area contributed by atoms with Gasteiger partial charge in [-0.15, -0.1) is 0 Å². The van der Waals surface area contributed by atoms with Crippen LogP contribution in [0.15, 0.2) is 18.2 Å². The monoisotopic (exact) mass is 236 g/mol. The lowest BCUT2D eigenvalue weighted by Crippen LogP contribution is -2.33. The van der Waals surface area contributed by atoms with Gasteiger partial charge in [0.05, 0.1) is 0 Å². The average molecular weight is 236 g/mol. The summed E-state index contributed by atoms with van der Waals surface area (Å²) >= 11 is 0. The lowest BCUT2D eigenvalue weighted by molar-refractivity contribution is 0.199. The maximum absolute atomic E-state index is 13.0. The Morgan fingerprint density at radius 2 is 2.24 bits per heavy atom. The fourth-order valence-electron chi connectivity index (χ4n) is 2.73. The Hall–Kier alpha value is -1.09. The minimum absolute atomic E-state index is 0.256. The van der Waals surface area contributed by atoms with Crippen LogP contribution in [-0.2, 0) is 6.54 Å². The van der Waals surface area contributed by atoms with E-state index in [4.69, 9.17) is 5.73 Å². The van der Waals surface area contributed by atoms with Crippen LogP contribution in [-0.4, -0.2) is 17.5 Å². The number of nitrogen functional groups attached to an aromatic ring is 1. The summed E-state index contributed by atoms with van der Waals surface area (Å²) in [6, 6.07) is 5.35. The molecule has 1 fully saturated rings. The highest BCUT2D eigenvalue weighted by Crippen LogP contribution is 2.27. The van der Waals surface area contributed by atoms with Gasteiger partial charge >= 0.3 is 0 Å². The standard InChI is InChI=1S/C14H21FN2/c1-10(2)14-4-3-7-17(14)9-11-5-6-12(15)8-13(11)16/h5-6,8,10,14H,3-4,7,9,16H2,1-2H3. The van der Waals surface area contributed by atoms with Crippen LogP contribution in [0, 0.1) is 11.7 Å². The summed E-state index contributed by atoms with van der Waals surface area (Å²) in [6.45, 7) is 6.49. The Bertz CT molecular complexity index is 390. The summed E-state index contributed by atoms with van der Waals surface area (Å²) in [5, 5.41) is 0. The summed E-state index contributed by atoms with van der Waals surface area (Å²) in [7, 11) is 0. The van der Waals surface area contributed by atoms with Crippen molar-refractivity contribution in [3.05, 3.63) is 29.6 Å². The number of hydrogen-bond acceptors (Lipinski definition) is 2. The fraction of sp³-hybridized carbons (Fsp3) is 0.571. The summed E-state index contributed by atoms with van der Waals surface area (Å²) in [5.41, 5.74) is 7.46. The second-order valence-corrected chi connectivity index (χ2v) is 5.27. The first-order valence-electron chi connectivity index (χ1n) is 6.36. The van der Waals surface area contributed by atoms with Gasteiger partial charge in [0, 0.05) is 18.3 Å². The van der Waals surface area contributed by atoms with Gasteiger partial charge in [-0.25, -0.2) is 4.39 Å². The van der Waals surface area contributed by atoms with E-state index in [1.807, 2.05) is 0 Å². The molecule has 3 heteroatoms. The quantitative estimate of drug-likeness (QED) is 0.817. The first-order valence-corrected chi connectivity index (χ1v) is 6.36. The van der Waals surface area contributed by atoms with Crippen molar-refractivity contribution in [3.63, 3.8) is 0 Å². The molecule has 0 saturated carbocycles. The van der Waals surface area contributed by atoms with Gasteiger partial charge in [0.25, 0.3) is 0 Å². The van der Waals surface area contributed by atoms with E-state index in [1.54, 1.807) is 6.07 Å². The zero-order chi connectivity index (χ0) is 12.4. The van der Waals surface area contributed by atoms with Crippen molar-refractivity contribution in [3.8, 4) is 0 Å². The van der Waals surface area contributed by atoms with Gasteiger partial charge in [-0.05, 0) is 43.0 Å². The van der Waals surface area contributed by atoms with Gasteiger partial charge in [0.2, 0.25) is 0 Å². The Kier molecular flexibility index (Phi) is 3.67. The van der Waals surface area contributed by atoms with Crippen molar-refractivity contribution in [1.82, 2.24) is 4.90 Å². The summed E-state index contributed by atoms with van der Waals surface area (Å²) in [5.74, 6) is 0.409. The normalized spacial score (nSPS) is 21.3. The van der Waals surface area contributed by atoms with Crippen LogP contribution < -0.4 is 5.73 Å². The third-order valence-electron chi connectivity index (χ3n) is 3.67. The first-order chi connectivity index (χ1) is 8.08. The third kappa shape index (κ3) is 2.78. The molecule has 1 aliphatic heterocycles. The van der Waals surface area contributed by atoms with Gasteiger partial charge < -0.3 is 5.73 Å². The molecule has 2 rings (SSSR count). The molecule has 0 aromatic heterocycles. The van der Waals surface area contributed by atoms with Gasteiger partial charge in [0.15, 0.2) is 0 Å². The number of nitrogens with zero attached hydrogens (tertiary/aromatic N) is 1. The Morgan fingerprint density at radius 1 is 1.47 bits per heavy atom. The Balaban J connectivity index is 2.09. The number of rotatable bonds is 3. The molecule has 2 N–H and O–H groups in total. The topological polar surface area (TPSA) is 29.3 Å². The van der Waals surface area contributed by atoms with E-state index in [2.05, 4.69) is 18.7 Å². The largest absolute Gasteiger partial charge is 0.398 e. The number of anilines is 1. The highest BCUT2D eigenvalue weighted by Gasteiger charge is 2.27. The van der Waals surface area contributed by atoms with Crippen molar-refractivity contribution in [1.29, 1.82) is 0 Å². The van der Waals surface area contributed by atoms with Crippen LogP contribution >= 0.6 is 0 Å². The molecule has 0 bridgehead atoms. The molecule has 1 atom stereocenters. The molecule has 0 radical (unpaired) electrons. The van der Waals surface area contributed by atoms with E-state index in [0.29, 0.717) is 17.6 Å². The van der Waals surface area contributed by atoms with Gasteiger partial charge in [-0.3, -0.25) is 4.90 Å². The minimum atomic E-state index is -0.256. The van der Waals surface area contributed by atoms with Crippen LogP contribution in [0.5, 0.6) is 0 Å². The van der Waals surface area contributed by atoms with Gasteiger partial charge in [-0.2, -0.15) is 0 Å². The second-order valence-electron chi connectivity index (χ2n) is 5.27. The molecule has 2 nitrogen and oxygen atoms in total. The molecule has 1 heterocycles. The maximum Gasteiger partial charge on any atom is 0.125 e. The smallest absolute Gasteiger partial charge is 0.125 e. The Morgan fingerprint density at radius 3 is 2.88 bits per heavy atom. The van der Waals surface area contributed by atoms with E-state index in [9.17, 15) is 4.39 Å². The molecule has 0 amide bonds. The molecule has 1 aliphatic rings. The van der Waals surface area contributed by atoms with Gasteiger partial charge in [-0.1, -0.05) is 19.9 Å². The van der Waals surface area contributed by atoms with Crippen LogP contribution in [0.3, 0.4) is 0 Å². The van der Waals surface area contributed by atoms with Crippen LogP contribution in [0.2, 0.25) is 0 Å². The number of hydrogen-bond donors (Lipinski definition) is 1. The summed E-state index contributed by atoms with van der Waals surface area (Å²) in [6.07, 6.45) is 2.52.